The van der Waals surface area contributed by atoms with E-state index in [1.807, 2.05) is 0 Å². The highest BCUT2D eigenvalue weighted by atomic mass is 19.3. The molecule has 0 bridgehead atoms. The Hall–Kier alpha value is -1.98. The van der Waals surface area contributed by atoms with Gasteiger partial charge in [0.25, 0.3) is 6.43 Å². The van der Waals surface area contributed by atoms with Gasteiger partial charge in [0.15, 0.2) is 0 Å². The van der Waals surface area contributed by atoms with E-state index in [1.165, 1.54) is 24.3 Å². The number of halogens is 2. The Bertz CT molecular complexity index is 473. The van der Waals surface area contributed by atoms with E-state index in [2.05, 4.69) is 0 Å². The van der Waals surface area contributed by atoms with Crippen LogP contribution in [-0.2, 0) is 9.59 Å². The van der Waals surface area contributed by atoms with E-state index in [4.69, 9.17) is 5.11 Å². The molecule has 96 valence electrons. The average Bonchev–Trinajstić information content (AvgIpc) is 2.71. The molecule has 1 aliphatic heterocycles. The van der Waals surface area contributed by atoms with Gasteiger partial charge in [0, 0.05) is 17.7 Å². The van der Waals surface area contributed by atoms with E-state index < -0.39 is 18.4 Å². The fourth-order valence-corrected chi connectivity index (χ4v) is 2.02. The van der Waals surface area contributed by atoms with E-state index in [0.29, 0.717) is 5.69 Å². The molecule has 0 unspecified atom stereocenters. The minimum Gasteiger partial charge on any atom is -0.480 e. The molecule has 0 saturated carbocycles. The summed E-state index contributed by atoms with van der Waals surface area (Å²) in [5.74, 6) is -1.38. The topological polar surface area (TPSA) is 57.6 Å². The summed E-state index contributed by atoms with van der Waals surface area (Å²) in [5, 5.41) is 8.99. The molecule has 1 aromatic rings. The van der Waals surface area contributed by atoms with Gasteiger partial charge in [-0.05, 0) is 18.6 Å². The number of hydrogen-bond acceptors (Lipinski definition) is 2. The number of benzene rings is 1. The van der Waals surface area contributed by atoms with Crippen LogP contribution in [0.25, 0.3) is 0 Å². The molecule has 6 heteroatoms. The van der Waals surface area contributed by atoms with Crippen molar-refractivity contribution >= 4 is 17.6 Å². The number of rotatable bonds is 3. The Labute approximate surface area is 102 Å². The maximum atomic E-state index is 12.4. The first kappa shape index (κ1) is 12.5. The van der Waals surface area contributed by atoms with E-state index >= 15 is 0 Å². The molecule has 0 radical (unpaired) electrons. The highest BCUT2D eigenvalue weighted by molar-refractivity contribution is 6.02. The second-order valence-electron chi connectivity index (χ2n) is 4.05. The molecular formula is C12H11F2NO3. The van der Waals surface area contributed by atoms with Crippen LogP contribution in [0, 0.1) is 0 Å². The van der Waals surface area contributed by atoms with Crippen molar-refractivity contribution in [2.45, 2.75) is 25.3 Å². The molecule has 4 nitrogen and oxygen atoms in total. The first-order chi connectivity index (χ1) is 8.50. The highest BCUT2D eigenvalue weighted by Gasteiger charge is 2.36. The molecule has 1 fully saturated rings. The van der Waals surface area contributed by atoms with Crippen LogP contribution in [-0.4, -0.2) is 23.0 Å². The van der Waals surface area contributed by atoms with Gasteiger partial charge >= 0.3 is 5.97 Å². The Morgan fingerprint density at radius 1 is 1.33 bits per heavy atom. The number of carbonyl (C=O) groups is 2. The minimum absolute atomic E-state index is 0.155. The van der Waals surface area contributed by atoms with E-state index in [-0.39, 0.29) is 24.3 Å². The molecule has 1 atom stereocenters. The number of amides is 1. The molecule has 2 rings (SSSR count). The van der Waals surface area contributed by atoms with Crippen LogP contribution >= 0.6 is 0 Å². The highest BCUT2D eigenvalue weighted by Crippen LogP contribution is 2.28. The predicted octanol–water partition coefficient (Wildman–Crippen LogP) is 2.20. The maximum absolute atomic E-state index is 12.4. The van der Waals surface area contributed by atoms with Crippen LogP contribution in [0.1, 0.15) is 24.8 Å². The van der Waals surface area contributed by atoms with Crippen molar-refractivity contribution in [1.29, 1.82) is 0 Å². The normalized spacial score (nSPS) is 19.6. The van der Waals surface area contributed by atoms with Crippen molar-refractivity contribution in [3.05, 3.63) is 29.8 Å². The molecule has 1 amide bonds. The van der Waals surface area contributed by atoms with Crippen molar-refractivity contribution in [3.63, 3.8) is 0 Å². The third-order valence-electron chi connectivity index (χ3n) is 2.92. The van der Waals surface area contributed by atoms with Gasteiger partial charge in [-0.2, -0.15) is 0 Å². The predicted molar refractivity (Wildman–Crippen MR) is 59.5 cm³/mol. The summed E-state index contributed by atoms with van der Waals surface area (Å²) in [6, 6.07) is 4.19. The van der Waals surface area contributed by atoms with Crippen molar-refractivity contribution in [2.75, 3.05) is 4.90 Å². The summed E-state index contributed by atoms with van der Waals surface area (Å²) in [4.78, 5) is 23.8. The second-order valence-corrected chi connectivity index (χ2v) is 4.05. The molecule has 1 aliphatic rings. The van der Waals surface area contributed by atoms with Gasteiger partial charge in [0.05, 0.1) is 0 Å². The maximum Gasteiger partial charge on any atom is 0.326 e. The Morgan fingerprint density at radius 3 is 2.44 bits per heavy atom. The standard InChI is InChI=1S/C12H11F2NO3/c13-11(14)7-1-3-8(4-2-7)15-9(12(17)18)5-6-10(15)16/h1-4,9,11H,5-6H2,(H,17,18)/t9-/m0/s1. The zero-order chi connectivity index (χ0) is 13.3. The monoisotopic (exact) mass is 255 g/mol. The summed E-state index contributed by atoms with van der Waals surface area (Å²) in [5.41, 5.74) is 0.187. The first-order valence-electron chi connectivity index (χ1n) is 5.43. The number of alkyl halides is 2. The van der Waals surface area contributed by atoms with Crippen molar-refractivity contribution in [3.8, 4) is 0 Å². The molecule has 0 aromatic heterocycles. The zero-order valence-electron chi connectivity index (χ0n) is 9.35. The molecule has 1 heterocycles. The van der Waals surface area contributed by atoms with E-state index in [9.17, 15) is 18.4 Å². The third kappa shape index (κ3) is 2.18. The molecule has 0 aliphatic carbocycles. The van der Waals surface area contributed by atoms with Gasteiger partial charge in [0.2, 0.25) is 5.91 Å². The van der Waals surface area contributed by atoms with Gasteiger partial charge in [0.1, 0.15) is 6.04 Å². The smallest absolute Gasteiger partial charge is 0.326 e. The summed E-state index contributed by atoms with van der Waals surface area (Å²) in [6.45, 7) is 0. The Balaban J connectivity index is 2.29. The number of anilines is 1. The van der Waals surface area contributed by atoms with E-state index in [0.717, 1.165) is 4.90 Å². The molecule has 0 spiro atoms. The lowest BCUT2D eigenvalue weighted by atomic mass is 10.1. The summed E-state index contributed by atoms with van der Waals surface area (Å²) in [6.07, 6.45) is -2.18. The molecule has 1 aromatic carbocycles. The number of hydrogen-bond donors (Lipinski definition) is 1. The van der Waals surface area contributed by atoms with Crippen LogP contribution in [0.2, 0.25) is 0 Å². The number of carboxylic acid groups (broad SMARTS) is 1. The van der Waals surface area contributed by atoms with Crippen LogP contribution in [0.3, 0.4) is 0 Å². The first-order valence-corrected chi connectivity index (χ1v) is 5.43. The Morgan fingerprint density at radius 2 is 1.94 bits per heavy atom. The van der Waals surface area contributed by atoms with Crippen molar-refractivity contribution in [1.82, 2.24) is 0 Å². The van der Waals surface area contributed by atoms with Gasteiger partial charge in [-0.25, -0.2) is 13.6 Å². The minimum atomic E-state index is -2.58. The lowest BCUT2D eigenvalue weighted by molar-refractivity contribution is -0.138. The van der Waals surface area contributed by atoms with Crippen LogP contribution in [0.4, 0.5) is 14.5 Å². The van der Waals surface area contributed by atoms with Gasteiger partial charge in [-0.1, -0.05) is 12.1 Å². The molecule has 1 saturated heterocycles. The largest absolute Gasteiger partial charge is 0.480 e. The van der Waals surface area contributed by atoms with Gasteiger partial charge in [-0.3, -0.25) is 9.69 Å². The zero-order valence-corrected chi connectivity index (χ0v) is 9.35. The summed E-state index contributed by atoms with van der Waals surface area (Å²) >= 11 is 0. The lowest BCUT2D eigenvalue weighted by Crippen LogP contribution is -2.38. The van der Waals surface area contributed by atoms with E-state index in [1.54, 1.807) is 0 Å². The fourth-order valence-electron chi connectivity index (χ4n) is 2.02. The third-order valence-corrected chi connectivity index (χ3v) is 2.92. The average molecular weight is 255 g/mol. The Kier molecular flexibility index (Phi) is 3.27. The number of carboxylic acids is 1. The number of nitrogens with zero attached hydrogens (tertiary/aromatic N) is 1. The molecule has 1 N–H and O–H groups in total. The quantitative estimate of drug-likeness (QED) is 0.900. The summed E-state index contributed by atoms with van der Waals surface area (Å²) < 4.78 is 24.8. The molecule has 18 heavy (non-hydrogen) atoms. The molecular weight excluding hydrogens is 244 g/mol. The summed E-state index contributed by atoms with van der Waals surface area (Å²) in [7, 11) is 0. The van der Waals surface area contributed by atoms with Crippen LogP contribution in [0.5, 0.6) is 0 Å². The second kappa shape index (κ2) is 4.72. The van der Waals surface area contributed by atoms with Gasteiger partial charge < -0.3 is 5.11 Å². The fraction of sp³-hybridized carbons (Fsp3) is 0.333. The van der Waals surface area contributed by atoms with Gasteiger partial charge in [-0.15, -0.1) is 0 Å². The number of aliphatic carboxylic acids is 1. The van der Waals surface area contributed by atoms with Crippen molar-refractivity contribution < 1.29 is 23.5 Å². The van der Waals surface area contributed by atoms with Crippen molar-refractivity contribution in [2.24, 2.45) is 0 Å². The SMILES string of the molecule is O=C(O)[C@@H]1CCC(=O)N1c1ccc(C(F)F)cc1. The number of carbonyl (C=O) groups excluding carboxylic acids is 1. The van der Waals surface area contributed by atoms with Crippen LogP contribution in [0.15, 0.2) is 24.3 Å². The lowest BCUT2D eigenvalue weighted by Gasteiger charge is -2.21. The van der Waals surface area contributed by atoms with Crippen LogP contribution < -0.4 is 4.90 Å².